The third-order valence-corrected chi connectivity index (χ3v) is 7.53. The minimum absolute atomic E-state index is 0.289. The molecule has 4 rings (SSSR count). The summed E-state index contributed by atoms with van der Waals surface area (Å²) in [4.78, 5) is 28.6. The maximum atomic E-state index is 13.7. The number of carbonyl (C=O) groups is 2. The minimum Gasteiger partial charge on any atom is -0.495 e. The first-order chi connectivity index (χ1) is 18.4. The third kappa shape index (κ3) is 5.92. The maximum absolute atomic E-state index is 13.7. The van der Waals surface area contributed by atoms with E-state index in [-0.39, 0.29) is 12.0 Å². The summed E-state index contributed by atoms with van der Waals surface area (Å²) >= 11 is 7.63. The molecule has 0 atom stereocenters. The van der Waals surface area contributed by atoms with Gasteiger partial charge in [-0.05, 0) is 54.8 Å². The van der Waals surface area contributed by atoms with Crippen molar-refractivity contribution in [2.24, 2.45) is 0 Å². The molecule has 2 heterocycles. The van der Waals surface area contributed by atoms with E-state index in [9.17, 15) is 9.59 Å². The fraction of sp³-hybridized carbons (Fsp3) is 0.333. The molecule has 1 aromatic heterocycles. The highest BCUT2D eigenvalue weighted by Gasteiger charge is 2.30. The van der Waals surface area contributed by atoms with Crippen molar-refractivity contribution in [3.05, 3.63) is 63.0 Å². The van der Waals surface area contributed by atoms with Gasteiger partial charge >= 0.3 is 6.09 Å². The summed E-state index contributed by atoms with van der Waals surface area (Å²) in [5.41, 5.74) is 2.87. The first-order valence-corrected chi connectivity index (χ1v) is 13.2. The summed E-state index contributed by atoms with van der Waals surface area (Å²) in [7, 11) is 4.71. The fourth-order valence-corrected chi connectivity index (χ4v) is 5.70. The van der Waals surface area contributed by atoms with Crippen LogP contribution in [0.3, 0.4) is 0 Å². The van der Waals surface area contributed by atoms with Gasteiger partial charge in [0.1, 0.15) is 10.8 Å². The molecule has 2 N–H and O–H groups in total. The van der Waals surface area contributed by atoms with E-state index in [1.807, 2.05) is 18.2 Å². The number of hydrogen-bond donors (Lipinski definition) is 2. The second-order valence-corrected chi connectivity index (χ2v) is 9.96. The van der Waals surface area contributed by atoms with Crippen LogP contribution in [0.5, 0.6) is 17.2 Å². The van der Waals surface area contributed by atoms with Gasteiger partial charge in [0.15, 0.2) is 11.5 Å². The minimum atomic E-state index is -0.360. The van der Waals surface area contributed by atoms with Crippen molar-refractivity contribution in [3.63, 3.8) is 0 Å². The van der Waals surface area contributed by atoms with Crippen LogP contribution in [0.4, 0.5) is 15.5 Å². The SMILES string of the molecule is CCOC(=O)N1CCc2c(sc(NCc3ccc(OC)c(OC)c3)c2C(=O)Nc2cc(Cl)ccc2OC)C1. The van der Waals surface area contributed by atoms with E-state index >= 15 is 0 Å². The van der Waals surface area contributed by atoms with Crippen molar-refractivity contribution in [1.29, 1.82) is 0 Å². The van der Waals surface area contributed by atoms with E-state index in [0.29, 0.717) is 71.2 Å². The summed E-state index contributed by atoms with van der Waals surface area (Å²) < 4.78 is 21.3. The van der Waals surface area contributed by atoms with E-state index in [0.717, 1.165) is 16.0 Å². The summed E-state index contributed by atoms with van der Waals surface area (Å²) in [6, 6.07) is 10.7. The number of fused-ring (bicyclic) bond motifs is 1. The number of thiophene rings is 1. The van der Waals surface area contributed by atoms with Crippen LogP contribution >= 0.6 is 22.9 Å². The average Bonchev–Trinajstić information content (AvgIpc) is 3.29. The summed E-state index contributed by atoms with van der Waals surface area (Å²) in [6.07, 6.45) is 0.166. The number of benzene rings is 2. The molecule has 11 heteroatoms. The molecule has 2 aromatic carbocycles. The summed E-state index contributed by atoms with van der Waals surface area (Å²) in [5, 5.41) is 7.56. The Hall–Kier alpha value is -3.63. The van der Waals surface area contributed by atoms with Gasteiger partial charge in [0.05, 0.1) is 45.7 Å². The number of methoxy groups -OCH3 is 3. The quantitative estimate of drug-likeness (QED) is 0.341. The van der Waals surface area contributed by atoms with Crippen LogP contribution in [0, 0.1) is 0 Å². The molecular weight excluding hydrogens is 530 g/mol. The second kappa shape index (κ2) is 12.3. The number of amides is 2. The van der Waals surface area contributed by atoms with Crippen molar-refractivity contribution in [2.75, 3.05) is 45.1 Å². The number of anilines is 2. The number of nitrogens with zero attached hydrogens (tertiary/aromatic N) is 1. The molecular formula is C27H30ClN3O6S. The molecule has 2 amide bonds. The highest BCUT2D eigenvalue weighted by Crippen LogP contribution is 2.39. The van der Waals surface area contributed by atoms with Crippen molar-refractivity contribution in [2.45, 2.75) is 26.4 Å². The zero-order chi connectivity index (χ0) is 27.2. The molecule has 3 aromatic rings. The number of nitrogens with one attached hydrogen (secondary N) is 2. The van der Waals surface area contributed by atoms with Crippen LogP contribution in [0.1, 0.15) is 33.3 Å². The monoisotopic (exact) mass is 559 g/mol. The van der Waals surface area contributed by atoms with Crippen molar-refractivity contribution >= 4 is 45.6 Å². The normalized spacial score (nSPS) is 12.4. The van der Waals surface area contributed by atoms with Crippen LogP contribution in [0.2, 0.25) is 5.02 Å². The Balaban J connectivity index is 1.65. The van der Waals surface area contributed by atoms with E-state index in [2.05, 4.69) is 10.6 Å². The van der Waals surface area contributed by atoms with E-state index in [1.54, 1.807) is 44.2 Å². The molecule has 0 saturated carbocycles. The first-order valence-electron chi connectivity index (χ1n) is 12.0. The molecule has 0 fully saturated rings. The lowest BCUT2D eigenvalue weighted by atomic mass is 10.0. The van der Waals surface area contributed by atoms with Gasteiger partial charge in [-0.1, -0.05) is 17.7 Å². The molecule has 0 spiro atoms. The predicted molar refractivity (Wildman–Crippen MR) is 148 cm³/mol. The zero-order valence-corrected chi connectivity index (χ0v) is 23.3. The van der Waals surface area contributed by atoms with Gasteiger partial charge in [-0.25, -0.2) is 4.79 Å². The molecule has 0 saturated heterocycles. The average molecular weight is 560 g/mol. The van der Waals surface area contributed by atoms with Gasteiger partial charge in [-0.15, -0.1) is 11.3 Å². The number of hydrogen-bond acceptors (Lipinski definition) is 8. The van der Waals surface area contributed by atoms with Gasteiger partial charge in [-0.2, -0.15) is 0 Å². The Bertz CT molecular complexity index is 1330. The van der Waals surface area contributed by atoms with Gasteiger partial charge < -0.3 is 34.5 Å². The Kier molecular flexibility index (Phi) is 8.85. The molecule has 1 aliphatic rings. The fourth-order valence-electron chi connectivity index (χ4n) is 4.27. The topological polar surface area (TPSA) is 98.4 Å². The smallest absolute Gasteiger partial charge is 0.410 e. The Morgan fingerprint density at radius 2 is 1.76 bits per heavy atom. The van der Waals surface area contributed by atoms with Crippen LogP contribution in [0.15, 0.2) is 36.4 Å². The van der Waals surface area contributed by atoms with Crippen molar-refractivity contribution in [1.82, 2.24) is 4.90 Å². The largest absolute Gasteiger partial charge is 0.495 e. The Labute approximate surface area is 230 Å². The summed E-state index contributed by atoms with van der Waals surface area (Å²) in [6.45, 7) is 3.36. The third-order valence-electron chi connectivity index (χ3n) is 6.12. The van der Waals surface area contributed by atoms with Gasteiger partial charge in [-0.3, -0.25) is 4.79 Å². The zero-order valence-electron chi connectivity index (χ0n) is 21.7. The van der Waals surface area contributed by atoms with Crippen LogP contribution in [-0.2, 0) is 24.2 Å². The highest BCUT2D eigenvalue weighted by molar-refractivity contribution is 7.16. The highest BCUT2D eigenvalue weighted by atomic mass is 35.5. The number of ether oxygens (including phenoxy) is 4. The van der Waals surface area contributed by atoms with Gasteiger partial charge in [0, 0.05) is 23.0 Å². The van der Waals surface area contributed by atoms with E-state index in [1.165, 1.54) is 18.4 Å². The molecule has 0 unspecified atom stereocenters. The molecule has 0 radical (unpaired) electrons. The van der Waals surface area contributed by atoms with E-state index < -0.39 is 0 Å². The predicted octanol–water partition coefficient (Wildman–Crippen LogP) is 5.81. The first kappa shape index (κ1) is 27.4. The molecule has 0 aliphatic carbocycles. The van der Waals surface area contributed by atoms with Crippen LogP contribution < -0.4 is 24.8 Å². The molecule has 0 bridgehead atoms. The molecule has 1 aliphatic heterocycles. The van der Waals surface area contributed by atoms with Crippen molar-refractivity contribution < 1.29 is 28.5 Å². The molecule has 38 heavy (non-hydrogen) atoms. The van der Waals surface area contributed by atoms with Crippen molar-refractivity contribution in [3.8, 4) is 17.2 Å². The van der Waals surface area contributed by atoms with Crippen LogP contribution in [-0.4, -0.2) is 51.4 Å². The lowest BCUT2D eigenvalue weighted by molar-refractivity contribution is 0.102. The number of halogens is 1. The maximum Gasteiger partial charge on any atom is 0.410 e. The molecule has 9 nitrogen and oxygen atoms in total. The Morgan fingerprint density at radius 1 is 1.03 bits per heavy atom. The van der Waals surface area contributed by atoms with Gasteiger partial charge in [0.25, 0.3) is 5.91 Å². The van der Waals surface area contributed by atoms with Crippen LogP contribution in [0.25, 0.3) is 0 Å². The molecule has 202 valence electrons. The van der Waals surface area contributed by atoms with E-state index in [4.69, 9.17) is 30.5 Å². The number of rotatable bonds is 9. The summed E-state index contributed by atoms with van der Waals surface area (Å²) in [5.74, 6) is 1.47. The standard InChI is InChI=1S/C27H30ClN3O6S/c1-5-37-27(33)31-11-10-18-23(15-31)38-26(29-14-16-6-8-21(35-3)22(12-16)36-4)24(18)25(32)30-19-13-17(28)7-9-20(19)34-2/h6-9,12-13,29H,5,10-11,14-15H2,1-4H3,(H,30,32). The van der Waals surface area contributed by atoms with Gasteiger partial charge in [0.2, 0.25) is 0 Å². The second-order valence-electron chi connectivity index (χ2n) is 8.42. The Morgan fingerprint density at radius 3 is 2.47 bits per heavy atom. The lowest BCUT2D eigenvalue weighted by Gasteiger charge is -2.26. The number of carbonyl (C=O) groups excluding carboxylic acids is 2. The lowest BCUT2D eigenvalue weighted by Crippen LogP contribution is -2.36.